The highest BCUT2D eigenvalue weighted by Gasteiger charge is 2.49. The topological polar surface area (TPSA) is 128 Å². The zero-order chi connectivity index (χ0) is 31.8. The lowest BCUT2D eigenvalue weighted by molar-refractivity contribution is -0.156. The molecule has 0 aromatic carbocycles. The number of imidazole rings is 1. The van der Waals surface area contributed by atoms with Crippen molar-refractivity contribution in [3.8, 4) is 12.3 Å². The van der Waals surface area contributed by atoms with Crippen molar-refractivity contribution in [1.29, 1.82) is 0 Å². The number of terminal acetylenes is 1. The number of nitrogens with zero attached hydrogens (tertiary/aromatic N) is 4. The van der Waals surface area contributed by atoms with Gasteiger partial charge in [0.15, 0.2) is 22.6 Å². The van der Waals surface area contributed by atoms with Crippen LogP contribution in [0.4, 0.5) is 10.2 Å². The van der Waals surface area contributed by atoms with Crippen LogP contribution in [0.25, 0.3) is 11.2 Å². The van der Waals surface area contributed by atoms with E-state index < -0.39 is 30.0 Å². The van der Waals surface area contributed by atoms with E-state index in [-0.39, 0.29) is 42.3 Å². The maximum atomic E-state index is 14.5. The smallest absolute Gasteiger partial charge is 0.312 e. The Kier molecular flexibility index (Phi) is 15.0. The van der Waals surface area contributed by atoms with Gasteiger partial charge in [0, 0.05) is 19.3 Å². The first kappa shape index (κ1) is 35.4. The lowest BCUT2D eigenvalue weighted by atomic mass is 9.99. The average Bonchev–Trinajstić information content (AvgIpc) is 3.58. The first-order valence-electron chi connectivity index (χ1n) is 16.5. The van der Waals surface area contributed by atoms with Crippen molar-refractivity contribution in [2.45, 2.75) is 147 Å². The number of amides is 1. The molecular weight excluding hydrogens is 565 g/mol. The fraction of sp³-hybridized carbons (Fsp3) is 0.727. The quantitative estimate of drug-likeness (QED) is 0.0681. The van der Waals surface area contributed by atoms with Gasteiger partial charge in [-0.05, 0) is 12.8 Å². The number of fused-ring (bicyclic) bond motifs is 1. The van der Waals surface area contributed by atoms with Crippen LogP contribution in [0.1, 0.15) is 136 Å². The van der Waals surface area contributed by atoms with Crippen LogP contribution < -0.4 is 5.32 Å². The van der Waals surface area contributed by atoms with Crippen molar-refractivity contribution < 1.29 is 28.6 Å². The van der Waals surface area contributed by atoms with Crippen molar-refractivity contribution in [1.82, 2.24) is 19.5 Å². The molecule has 44 heavy (non-hydrogen) atoms. The van der Waals surface area contributed by atoms with Gasteiger partial charge < -0.3 is 19.9 Å². The molecule has 0 saturated carbocycles. The van der Waals surface area contributed by atoms with Gasteiger partial charge in [0.25, 0.3) is 0 Å². The normalized spacial score (nSPS) is 19.7. The van der Waals surface area contributed by atoms with E-state index in [1.54, 1.807) is 0 Å². The predicted molar refractivity (Wildman–Crippen MR) is 167 cm³/mol. The van der Waals surface area contributed by atoms with Crippen LogP contribution in [0.2, 0.25) is 0 Å². The van der Waals surface area contributed by atoms with Crippen molar-refractivity contribution in [2.24, 2.45) is 0 Å². The minimum absolute atomic E-state index is 0.0296. The van der Waals surface area contributed by atoms with Gasteiger partial charge in [-0.2, -0.15) is 14.4 Å². The van der Waals surface area contributed by atoms with Crippen LogP contribution in [0.5, 0.6) is 0 Å². The standard InChI is InChI=1S/C33H50FN5O5/c1-4-7-9-11-12-13-14-15-16-17-18-20-26(41)36-30-29-31(38-32(34)37-30)39(24-35-29)27-22-25(40)33(6-3,44-27)23-43-28(42)21-19-10-8-5-2/h3,24-25,27,40H,4-5,7-23H2,1-2H3,(H,36,37,38,41)/t25-,27+,33+/m0/s1. The van der Waals surface area contributed by atoms with Crippen molar-refractivity contribution in [3.05, 3.63) is 12.4 Å². The minimum atomic E-state index is -1.57. The zero-order valence-corrected chi connectivity index (χ0v) is 26.5. The van der Waals surface area contributed by atoms with Gasteiger partial charge in [-0.3, -0.25) is 14.2 Å². The van der Waals surface area contributed by atoms with Crippen LogP contribution in [-0.4, -0.2) is 54.8 Å². The number of rotatable bonds is 21. The van der Waals surface area contributed by atoms with E-state index in [4.69, 9.17) is 15.9 Å². The van der Waals surface area contributed by atoms with Crippen LogP contribution >= 0.6 is 0 Å². The number of aromatic nitrogens is 4. The van der Waals surface area contributed by atoms with E-state index in [9.17, 15) is 19.1 Å². The summed E-state index contributed by atoms with van der Waals surface area (Å²) >= 11 is 0. The Bertz CT molecular complexity index is 1230. The molecule has 3 atom stereocenters. The van der Waals surface area contributed by atoms with Gasteiger partial charge in [0.2, 0.25) is 5.91 Å². The van der Waals surface area contributed by atoms with Gasteiger partial charge in [-0.1, -0.05) is 103 Å². The molecule has 2 N–H and O–H groups in total. The van der Waals surface area contributed by atoms with Crippen LogP contribution in [-0.2, 0) is 19.1 Å². The van der Waals surface area contributed by atoms with Crippen LogP contribution in [0.3, 0.4) is 0 Å². The Labute approximate surface area is 260 Å². The molecule has 3 rings (SSSR count). The number of carbonyl (C=O) groups is 2. The summed E-state index contributed by atoms with van der Waals surface area (Å²) < 4.78 is 27.3. The molecule has 0 bridgehead atoms. The SMILES string of the molecule is C#C[C@]1(COC(=O)CCCCCC)O[C@@H](n2cnc3c(NC(=O)CCCCCCCCCCCCC)nc(F)nc32)C[C@@H]1O. The molecule has 2 aromatic heterocycles. The van der Waals surface area contributed by atoms with Crippen molar-refractivity contribution >= 4 is 28.9 Å². The summed E-state index contributed by atoms with van der Waals surface area (Å²) in [4.78, 5) is 36.8. The fourth-order valence-electron chi connectivity index (χ4n) is 5.51. The minimum Gasteiger partial charge on any atom is -0.461 e. The largest absolute Gasteiger partial charge is 0.461 e. The van der Waals surface area contributed by atoms with Crippen LogP contribution in [0, 0.1) is 18.4 Å². The zero-order valence-electron chi connectivity index (χ0n) is 26.5. The number of nitrogens with one attached hydrogen (secondary N) is 1. The molecule has 3 heterocycles. The third kappa shape index (κ3) is 10.5. The highest BCUT2D eigenvalue weighted by molar-refractivity contribution is 5.96. The number of esters is 1. The second kappa shape index (κ2) is 18.6. The first-order valence-corrected chi connectivity index (χ1v) is 16.5. The Balaban J connectivity index is 1.51. The Morgan fingerprint density at radius 2 is 1.61 bits per heavy atom. The molecule has 11 heteroatoms. The van der Waals surface area contributed by atoms with E-state index in [0.717, 1.165) is 38.5 Å². The summed E-state index contributed by atoms with van der Waals surface area (Å²) in [6, 6.07) is 0. The average molecular weight is 616 g/mol. The molecule has 10 nitrogen and oxygen atoms in total. The molecule has 0 aliphatic carbocycles. The maximum Gasteiger partial charge on any atom is 0.312 e. The number of halogens is 1. The molecule has 0 radical (unpaired) electrons. The number of aliphatic hydroxyl groups excluding tert-OH is 1. The van der Waals surface area contributed by atoms with Gasteiger partial charge in [0.05, 0.1) is 6.33 Å². The number of carbonyl (C=O) groups excluding carboxylic acids is 2. The third-order valence-corrected chi connectivity index (χ3v) is 8.21. The summed E-state index contributed by atoms with van der Waals surface area (Å²) in [6.07, 6.45) is 21.4. The molecule has 0 unspecified atom stereocenters. The monoisotopic (exact) mass is 615 g/mol. The van der Waals surface area contributed by atoms with E-state index in [2.05, 4.69) is 40.0 Å². The molecule has 1 fully saturated rings. The Hall–Kier alpha value is -3.10. The van der Waals surface area contributed by atoms with Crippen molar-refractivity contribution in [2.75, 3.05) is 11.9 Å². The van der Waals surface area contributed by atoms with Crippen LogP contribution in [0.15, 0.2) is 6.33 Å². The Morgan fingerprint density at radius 1 is 1.02 bits per heavy atom. The molecule has 244 valence electrons. The number of ether oxygens (including phenoxy) is 2. The molecule has 1 aliphatic rings. The van der Waals surface area contributed by atoms with E-state index >= 15 is 0 Å². The summed E-state index contributed by atoms with van der Waals surface area (Å²) in [5.41, 5.74) is -1.30. The summed E-state index contributed by atoms with van der Waals surface area (Å²) in [7, 11) is 0. The van der Waals surface area contributed by atoms with Gasteiger partial charge in [0.1, 0.15) is 18.9 Å². The van der Waals surface area contributed by atoms with Gasteiger partial charge >= 0.3 is 12.0 Å². The highest BCUT2D eigenvalue weighted by Crippen LogP contribution is 2.38. The second-order valence-electron chi connectivity index (χ2n) is 11.8. The lowest BCUT2D eigenvalue weighted by Crippen LogP contribution is -2.43. The number of anilines is 1. The van der Waals surface area contributed by atoms with E-state index in [0.29, 0.717) is 12.8 Å². The first-order chi connectivity index (χ1) is 21.3. The van der Waals surface area contributed by atoms with Gasteiger partial charge in [-0.25, -0.2) is 4.98 Å². The summed E-state index contributed by atoms with van der Waals surface area (Å²) in [5.74, 6) is 1.74. The predicted octanol–water partition coefficient (Wildman–Crippen LogP) is 6.77. The third-order valence-electron chi connectivity index (χ3n) is 8.21. The molecular formula is C33H50FN5O5. The second-order valence-corrected chi connectivity index (χ2v) is 11.8. The molecule has 0 spiro atoms. The molecule has 1 amide bonds. The van der Waals surface area contributed by atoms with E-state index in [1.807, 2.05) is 0 Å². The fourth-order valence-corrected chi connectivity index (χ4v) is 5.51. The molecule has 2 aromatic rings. The molecule has 1 aliphatic heterocycles. The Morgan fingerprint density at radius 3 is 2.25 bits per heavy atom. The van der Waals surface area contributed by atoms with Gasteiger partial charge in [-0.15, -0.1) is 6.42 Å². The number of unbranched alkanes of at least 4 members (excludes halogenated alkanes) is 13. The molecule has 1 saturated heterocycles. The van der Waals surface area contributed by atoms with E-state index in [1.165, 1.54) is 62.3 Å². The number of aliphatic hydroxyl groups is 1. The summed E-state index contributed by atoms with van der Waals surface area (Å²) in [6.45, 7) is 4.00. The number of hydrogen-bond acceptors (Lipinski definition) is 8. The number of hydrogen-bond donors (Lipinski definition) is 2. The summed E-state index contributed by atoms with van der Waals surface area (Å²) in [5, 5.41) is 13.5. The highest BCUT2D eigenvalue weighted by atomic mass is 19.1. The van der Waals surface area contributed by atoms with Crippen molar-refractivity contribution in [3.63, 3.8) is 0 Å². The maximum absolute atomic E-state index is 14.5. The lowest BCUT2D eigenvalue weighted by Gasteiger charge is -2.26.